The second-order valence-corrected chi connectivity index (χ2v) is 14.1. The quantitative estimate of drug-likeness (QED) is 0.366. The molecule has 3 saturated heterocycles. The molecule has 45 heavy (non-hydrogen) atoms. The number of halogens is 1. The molecule has 3 fully saturated rings. The van der Waals surface area contributed by atoms with Crippen molar-refractivity contribution >= 4 is 17.5 Å². The maximum absolute atomic E-state index is 14.6. The molecule has 0 bridgehead atoms. The lowest BCUT2D eigenvalue weighted by atomic mass is 9.90. The highest BCUT2D eigenvalue weighted by Crippen LogP contribution is 2.35. The van der Waals surface area contributed by atoms with Crippen molar-refractivity contribution in [3.8, 4) is 11.1 Å². The van der Waals surface area contributed by atoms with Crippen LogP contribution >= 0.6 is 0 Å². The van der Waals surface area contributed by atoms with Crippen LogP contribution in [-0.4, -0.2) is 100 Å². The first-order valence-corrected chi connectivity index (χ1v) is 16.3. The number of piperidine rings is 1. The van der Waals surface area contributed by atoms with Gasteiger partial charge in [-0.05, 0) is 89.5 Å². The van der Waals surface area contributed by atoms with Crippen molar-refractivity contribution < 1.29 is 23.5 Å². The number of aromatic nitrogens is 2. The SMILES string of the molecule is Cc1cncc2c(-c3ccc(F)cc3C(=O)N3CCOC[C@H]3C)cc(CC3CN(CC4CCN(C(=O)OC(C)(C)C)CC4)C3)n12. The summed E-state index contributed by atoms with van der Waals surface area (Å²) in [5, 5.41) is 0. The van der Waals surface area contributed by atoms with Crippen LogP contribution in [-0.2, 0) is 15.9 Å². The second kappa shape index (κ2) is 12.7. The van der Waals surface area contributed by atoms with Crippen LogP contribution in [0.2, 0.25) is 0 Å². The first-order chi connectivity index (χ1) is 21.5. The van der Waals surface area contributed by atoms with Gasteiger partial charge in [-0.1, -0.05) is 6.07 Å². The highest BCUT2D eigenvalue weighted by Gasteiger charge is 2.33. The molecule has 0 radical (unpaired) electrons. The van der Waals surface area contributed by atoms with Gasteiger partial charge in [0.1, 0.15) is 11.4 Å². The fourth-order valence-electron chi connectivity index (χ4n) is 7.12. The number of fused-ring (bicyclic) bond motifs is 1. The van der Waals surface area contributed by atoms with Gasteiger partial charge in [-0.3, -0.25) is 9.78 Å². The molecule has 0 spiro atoms. The number of morpholine rings is 1. The highest BCUT2D eigenvalue weighted by molar-refractivity contribution is 6.03. The van der Waals surface area contributed by atoms with Crippen LogP contribution in [0.3, 0.4) is 0 Å². The summed E-state index contributed by atoms with van der Waals surface area (Å²) in [6.45, 7) is 15.8. The van der Waals surface area contributed by atoms with Crippen LogP contribution in [0.15, 0.2) is 36.7 Å². The summed E-state index contributed by atoms with van der Waals surface area (Å²) in [6, 6.07) is 6.63. The smallest absolute Gasteiger partial charge is 0.410 e. The van der Waals surface area contributed by atoms with Crippen LogP contribution < -0.4 is 0 Å². The van der Waals surface area contributed by atoms with Gasteiger partial charge in [0.2, 0.25) is 0 Å². The van der Waals surface area contributed by atoms with Crippen molar-refractivity contribution in [3.05, 3.63) is 59.4 Å². The molecule has 3 aromatic rings. The summed E-state index contributed by atoms with van der Waals surface area (Å²) in [7, 11) is 0. The number of carbonyl (C=O) groups excluding carboxylic acids is 2. The molecular weight excluding hydrogens is 573 g/mol. The molecular formula is C35H46FN5O4. The molecule has 9 nitrogen and oxygen atoms in total. The molecule has 10 heteroatoms. The molecule has 6 rings (SSSR count). The Labute approximate surface area is 265 Å². The van der Waals surface area contributed by atoms with E-state index in [-0.39, 0.29) is 18.0 Å². The number of benzene rings is 1. The minimum absolute atomic E-state index is 0.0771. The fraction of sp³-hybridized carbons (Fsp3) is 0.571. The van der Waals surface area contributed by atoms with E-state index in [1.807, 2.05) is 45.0 Å². The maximum atomic E-state index is 14.6. The molecule has 0 unspecified atom stereocenters. The third-order valence-electron chi connectivity index (χ3n) is 9.37. The summed E-state index contributed by atoms with van der Waals surface area (Å²) < 4.78 is 27.9. The molecule has 1 aromatic carbocycles. The Morgan fingerprint density at radius 1 is 1.04 bits per heavy atom. The molecule has 2 aromatic heterocycles. The van der Waals surface area contributed by atoms with E-state index in [0.717, 1.165) is 74.3 Å². The Balaban J connectivity index is 1.14. The number of amides is 2. The van der Waals surface area contributed by atoms with E-state index in [4.69, 9.17) is 9.47 Å². The van der Waals surface area contributed by atoms with E-state index < -0.39 is 11.4 Å². The Morgan fingerprint density at radius 2 is 1.80 bits per heavy atom. The summed E-state index contributed by atoms with van der Waals surface area (Å²) in [6.07, 6.45) is 6.41. The van der Waals surface area contributed by atoms with Crippen molar-refractivity contribution in [1.29, 1.82) is 0 Å². The number of carbonyl (C=O) groups is 2. The zero-order valence-corrected chi connectivity index (χ0v) is 27.2. The molecule has 1 atom stereocenters. The summed E-state index contributed by atoms with van der Waals surface area (Å²) >= 11 is 0. The molecule has 3 aliphatic rings. The minimum Gasteiger partial charge on any atom is -0.444 e. The van der Waals surface area contributed by atoms with Gasteiger partial charge in [0, 0.05) is 62.4 Å². The first-order valence-electron chi connectivity index (χ1n) is 16.3. The molecule has 0 N–H and O–H groups in total. The normalized spacial score (nSPS) is 20.4. The van der Waals surface area contributed by atoms with E-state index in [1.54, 1.807) is 11.0 Å². The van der Waals surface area contributed by atoms with Gasteiger partial charge < -0.3 is 28.6 Å². The Kier molecular flexibility index (Phi) is 8.89. The predicted molar refractivity (Wildman–Crippen MR) is 171 cm³/mol. The van der Waals surface area contributed by atoms with E-state index >= 15 is 0 Å². The Morgan fingerprint density at radius 3 is 2.51 bits per heavy atom. The summed E-state index contributed by atoms with van der Waals surface area (Å²) in [5.74, 6) is 0.510. The summed E-state index contributed by atoms with van der Waals surface area (Å²) in [5.41, 5.74) is 4.66. The predicted octanol–water partition coefficient (Wildman–Crippen LogP) is 5.43. The lowest BCUT2D eigenvalue weighted by Crippen LogP contribution is -2.51. The van der Waals surface area contributed by atoms with E-state index in [0.29, 0.717) is 37.2 Å². The zero-order valence-electron chi connectivity index (χ0n) is 27.2. The fourth-order valence-corrected chi connectivity index (χ4v) is 7.12. The van der Waals surface area contributed by atoms with Crippen LogP contribution in [0, 0.1) is 24.6 Å². The van der Waals surface area contributed by atoms with Gasteiger partial charge in [-0.25, -0.2) is 9.18 Å². The van der Waals surface area contributed by atoms with Gasteiger partial charge in [0.25, 0.3) is 5.91 Å². The number of hydrogen-bond acceptors (Lipinski definition) is 6. The number of hydrogen-bond donors (Lipinski definition) is 0. The van der Waals surface area contributed by atoms with Gasteiger partial charge >= 0.3 is 6.09 Å². The van der Waals surface area contributed by atoms with Crippen molar-refractivity contribution in [1.82, 2.24) is 24.1 Å². The number of rotatable bonds is 6. The average Bonchev–Trinajstić information content (AvgIpc) is 3.34. The lowest BCUT2D eigenvalue weighted by molar-refractivity contribution is 0.00360. The number of likely N-dealkylation sites (tertiary alicyclic amines) is 2. The lowest BCUT2D eigenvalue weighted by Gasteiger charge is -2.43. The van der Waals surface area contributed by atoms with Gasteiger partial charge in [-0.2, -0.15) is 0 Å². The monoisotopic (exact) mass is 619 g/mol. The standard InChI is InChI=1S/C35H46FN5O4/c1-23-17-37-18-32-30(29-7-6-27(36)15-31(29)33(42)40-12-13-44-22-24(40)2)16-28(41(23)32)14-26-20-38(21-26)19-25-8-10-39(11-9-25)34(43)45-35(3,4)5/h6-7,15-18,24-26H,8-14,19-22H2,1-5H3/t24-/m1/s1. The maximum Gasteiger partial charge on any atom is 0.410 e. The van der Waals surface area contributed by atoms with Crippen molar-refractivity contribution in [2.45, 2.75) is 65.5 Å². The molecule has 242 valence electrons. The summed E-state index contributed by atoms with van der Waals surface area (Å²) in [4.78, 5) is 36.8. The highest BCUT2D eigenvalue weighted by atomic mass is 19.1. The third-order valence-corrected chi connectivity index (χ3v) is 9.37. The third kappa shape index (κ3) is 6.87. The molecule has 0 aliphatic carbocycles. The minimum atomic E-state index is -0.470. The largest absolute Gasteiger partial charge is 0.444 e. The Hall–Kier alpha value is -3.50. The molecule has 2 amide bonds. The molecule has 0 saturated carbocycles. The number of nitrogens with zero attached hydrogens (tertiary/aromatic N) is 5. The van der Waals surface area contributed by atoms with Gasteiger partial charge in [0.15, 0.2) is 0 Å². The van der Waals surface area contributed by atoms with Crippen LogP contribution in [0.4, 0.5) is 9.18 Å². The molecule has 3 aliphatic heterocycles. The van der Waals surface area contributed by atoms with E-state index in [2.05, 4.69) is 27.3 Å². The van der Waals surface area contributed by atoms with Crippen LogP contribution in [0.1, 0.15) is 62.3 Å². The van der Waals surface area contributed by atoms with Crippen LogP contribution in [0.5, 0.6) is 0 Å². The van der Waals surface area contributed by atoms with E-state index in [1.165, 1.54) is 17.8 Å². The van der Waals surface area contributed by atoms with Gasteiger partial charge in [-0.15, -0.1) is 0 Å². The topological polar surface area (TPSA) is 79.6 Å². The van der Waals surface area contributed by atoms with Crippen molar-refractivity contribution in [2.24, 2.45) is 11.8 Å². The average molecular weight is 620 g/mol. The Bertz CT molecular complexity index is 1550. The molecule has 5 heterocycles. The van der Waals surface area contributed by atoms with Crippen LogP contribution in [0.25, 0.3) is 16.6 Å². The number of ether oxygens (including phenoxy) is 2. The van der Waals surface area contributed by atoms with Crippen molar-refractivity contribution in [2.75, 3.05) is 52.5 Å². The zero-order chi connectivity index (χ0) is 31.9. The first kappa shape index (κ1) is 31.5. The second-order valence-electron chi connectivity index (χ2n) is 14.1. The van der Waals surface area contributed by atoms with Crippen molar-refractivity contribution in [3.63, 3.8) is 0 Å². The number of aryl methyl sites for hydroxylation is 1. The van der Waals surface area contributed by atoms with Gasteiger partial charge in [0.05, 0.1) is 36.5 Å². The van der Waals surface area contributed by atoms with E-state index in [9.17, 15) is 14.0 Å².